The van der Waals surface area contributed by atoms with Crippen molar-refractivity contribution in [2.75, 3.05) is 12.4 Å². The zero-order valence-electron chi connectivity index (χ0n) is 14.1. The third-order valence-electron chi connectivity index (χ3n) is 4.06. The van der Waals surface area contributed by atoms with Crippen LogP contribution < -0.4 is 15.7 Å². The van der Waals surface area contributed by atoms with Crippen molar-refractivity contribution in [2.45, 2.75) is 20.4 Å². The molecule has 4 nitrogen and oxygen atoms in total. The molecule has 130 valence electrons. The number of nitrogens with one attached hydrogen (secondary N) is 1. The summed E-state index contributed by atoms with van der Waals surface area (Å²) in [5.41, 5.74) is 3.50. The van der Waals surface area contributed by atoms with Gasteiger partial charge in [-0.05, 0) is 48.7 Å². The number of aryl methyl sites for hydroxylation is 2. The highest BCUT2D eigenvalue weighted by atomic mass is 35.5. The molecule has 0 amide bonds. The lowest BCUT2D eigenvalue weighted by molar-refractivity contribution is 0.416. The van der Waals surface area contributed by atoms with E-state index in [0.717, 1.165) is 27.8 Å². The molecule has 0 fully saturated rings. The van der Waals surface area contributed by atoms with Gasteiger partial charge in [-0.1, -0.05) is 23.2 Å². The Labute approximate surface area is 155 Å². The quantitative estimate of drug-likeness (QED) is 0.623. The fraction of sp³-hybridized carbons (Fsp3) is 0.211. The summed E-state index contributed by atoms with van der Waals surface area (Å²) < 4.78 is 10.7. The van der Waals surface area contributed by atoms with Gasteiger partial charge in [-0.2, -0.15) is 0 Å². The zero-order valence-corrected chi connectivity index (χ0v) is 15.6. The molecule has 0 unspecified atom stereocenters. The van der Waals surface area contributed by atoms with Crippen molar-refractivity contribution in [2.24, 2.45) is 0 Å². The largest absolute Gasteiger partial charge is 0.495 e. The van der Waals surface area contributed by atoms with Crippen LogP contribution in [0.2, 0.25) is 10.0 Å². The number of anilines is 1. The molecule has 0 aliphatic heterocycles. The van der Waals surface area contributed by atoms with E-state index in [0.29, 0.717) is 27.9 Å². The van der Waals surface area contributed by atoms with Crippen molar-refractivity contribution in [1.82, 2.24) is 0 Å². The van der Waals surface area contributed by atoms with E-state index in [1.807, 2.05) is 26.0 Å². The van der Waals surface area contributed by atoms with Crippen molar-refractivity contribution in [3.63, 3.8) is 0 Å². The van der Waals surface area contributed by atoms with Gasteiger partial charge >= 0.3 is 5.63 Å². The summed E-state index contributed by atoms with van der Waals surface area (Å²) in [4.78, 5) is 11.9. The van der Waals surface area contributed by atoms with Crippen LogP contribution >= 0.6 is 23.2 Å². The number of hydrogen-bond donors (Lipinski definition) is 1. The van der Waals surface area contributed by atoms with Crippen LogP contribution in [0.1, 0.15) is 16.7 Å². The average molecular weight is 378 g/mol. The van der Waals surface area contributed by atoms with Crippen LogP contribution in [0.4, 0.5) is 5.69 Å². The van der Waals surface area contributed by atoms with Gasteiger partial charge in [0.15, 0.2) is 0 Å². The summed E-state index contributed by atoms with van der Waals surface area (Å²) in [7, 11) is 1.58. The van der Waals surface area contributed by atoms with E-state index in [9.17, 15) is 4.79 Å². The molecule has 1 heterocycles. The van der Waals surface area contributed by atoms with E-state index in [4.69, 9.17) is 32.4 Å². The monoisotopic (exact) mass is 377 g/mol. The van der Waals surface area contributed by atoms with Crippen LogP contribution in [0.5, 0.6) is 5.75 Å². The Morgan fingerprint density at radius 3 is 2.44 bits per heavy atom. The first-order valence-corrected chi connectivity index (χ1v) is 8.45. The Morgan fingerprint density at radius 1 is 1.04 bits per heavy atom. The lowest BCUT2D eigenvalue weighted by atomic mass is 10.1. The summed E-state index contributed by atoms with van der Waals surface area (Å²) in [6.45, 7) is 4.20. The second-order valence-electron chi connectivity index (χ2n) is 5.84. The highest BCUT2D eigenvalue weighted by Crippen LogP contribution is 2.32. The van der Waals surface area contributed by atoms with Gasteiger partial charge in [0.2, 0.25) is 0 Å². The van der Waals surface area contributed by atoms with E-state index < -0.39 is 5.63 Å². The Hall–Kier alpha value is -2.17. The summed E-state index contributed by atoms with van der Waals surface area (Å²) in [6, 6.07) is 8.73. The van der Waals surface area contributed by atoms with Crippen molar-refractivity contribution in [3.8, 4) is 5.75 Å². The van der Waals surface area contributed by atoms with Crippen LogP contribution in [0.3, 0.4) is 0 Å². The van der Waals surface area contributed by atoms with Gasteiger partial charge < -0.3 is 14.5 Å². The summed E-state index contributed by atoms with van der Waals surface area (Å²) in [5, 5.41) is 5.36. The van der Waals surface area contributed by atoms with E-state index in [1.165, 1.54) is 6.07 Å². The third kappa shape index (κ3) is 3.60. The normalized spacial score (nSPS) is 10.9. The number of benzene rings is 2. The molecule has 0 radical (unpaired) electrons. The number of rotatable bonds is 4. The predicted molar refractivity (Wildman–Crippen MR) is 102 cm³/mol. The minimum Gasteiger partial charge on any atom is -0.495 e. The first-order chi connectivity index (χ1) is 11.9. The topological polar surface area (TPSA) is 51.5 Å². The number of halogens is 2. The van der Waals surface area contributed by atoms with E-state index in [-0.39, 0.29) is 0 Å². The first-order valence-electron chi connectivity index (χ1n) is 7.70. The van der Waals surface area contributed by atoms with Crippen LogP contribution in [0.15, 0.2) is 39.5 Å². The molecule has 1 N–H and O–H groups in total. The number of methoxy groups -OCH3 is 1. The summed E-state index contributed by atoms with van der Waals surface area (Å²) in [5.74, 6) is 0.636. The highest BCUT2D eigenvalue weighted by molar-refractivity contribution is 6.32. The Bertz CT molecular complexity index is 1010. The van der Waals surface area contributed by atoms with Crippen LogP contribution in [-0.4, -0.2) is 7.11 Å². The zero-order chi connectivity index (χ0) is 18.1. The molecule has 0 saturated heterocycles. The van der Waals surface area contributed by atoms with Crippen LogP contribution in [0.25, 0.3) is 11.0 Å². The molecule has 3 rings (SSSR count). The molecule has 3 aromatic rings. The standard InChI is InChI=1S/C19H17Cl2NO3/c1-10-4-16(18(24-3)8-15(10)21)22-9-12-6-19(23)25-17-5-11(2)14(20)7-13(12)17/h4-8,22H,9H2,1-3H3. The van der Waals surface area contributed by atoms with Gasteiger partial charge in [0.1, 0.15) is 11.3 Å². The van der Waals surface area contributed by atoms with E-state index >= 15 is 0 Å². The van der Waals surface area contributed by atoms with Crippen LogP contribution in [0, 0.1) is 13.8 Å². The maximum absolute atomic E-state index is 11.9. The molecule has 0 aliphatic carbocycles. The fourth-order valence-electron chi connectivity index (χ4n) is 2.66. The predicted octanol–water partition coefficient (Wildman–Crippen LogP) is 5.34. The Balaban J connectivity index is 2.00. The molecule has 0 atom stereocenters. The molecule has 0 spiro atoms. The molecule has 25 heavy (non-hydrogen) atoms. The second-order valence-corrected chi connectivity index (χ2v) is 6.66. The van der Waals surface area contributed by atoms with Gasteiger partial charge in [-0.25, -0.2) is 4.79 Å². The highest BCUT2D eigenvalue weighted by Gasteiger charge is 2.11. The molecule has 6 heteroatoms. The number of hydrogen-bond acceptors (Lipinski definition) is 4. The maximum Gasteiger partial charge on any atom is 0.336 e. The number of fused-ring (bicyclic) bond motifs is 1. The molecule has 2 aromatic carbocycles. The number of ether oxygens (including phenoxy) is 1. The molecule has 0 saturated carbocycles. The SMILES string of the molecule is COc1cc(Cl)c(C)cc1NCc1cc(=O)oc2cc(C)c(Cl)cc12. The fourth-order valence-corrected chi connectivity index (χ4v) is 2.97. The summed E-state index contributed by atoms with van der Waals surface area (Å²) in [6.07, 6.45) is 0. The minimum absolute atomic E-state index is 0.398. The van der Waals surface area contributed by atoms with Crippen molar-refractivity contribution in [3.05, 3.63) is 67.5 Å². The van der Waals surface area contributed by atoms with Crippen molar-refractivity contribution in [1.29, 1.82) is 0 Å². The van der Waals surface area contributed by atoms with E-state index in [1.54, 1.807) is 19.2 Å². The average Bonchev–Trinajstić information content (AvgIpc) is 2.56. The van der Waals surface area contributed by atoms with Gasteiger partial charge in [0.25, 0.3) is 0 Å². The second kappa shape index (κ2) is 6.98. The molecular weight excluding hydrogens is 361 g/mol. The lowest BCUT2D eigenvalue weighted by Crippen LogP contribution is -2.07. The van der Waals surface area contributed by atoms with E-state index in [2.05, 4.69) is 5.32 Å². The van der Waals surface area contributed by atoms with Crippen molar-refractivity contribution >= 4 is 39.9 Å². The molecule has 1 aromatic heterocycles. The third-order valence-corrected chi connectivity index (χ3v) is 4.87. The van der Waals surface area contributed by atoms with Gasteiger partial charge in [0, 0.05) is 34.1 Å². The van der Waals surface area contributed by atoms with Gasteiger partial charge in [-0.15, -0.1) is 0 Å². The smallest absolute Gasteiger partial charge is 0.336 e. The van der Waals surface area contributed by atoms with Gasteiger partial charge in [-0.3, -0.25) is 0 Å². The Morgan fingerprint density at radius 2 is 1.72 bits per heavy atom. The minimum atomic E-state index is -0.398. The Kier molecular flexibility index (Phi) is 4.93. The van der Waals surface area contributed by atoms with Crippen molar-refractivity contribution < 1.29 is 9.15 Å². The lowest BCUT2D eigenvalue weighted by Gasteiger charge is -2.14. The summed E-state index contributed by atoms with van der Waals surface area (Å²) >= 11 is 12.4. The molecule has 0 aliphatic rings. The molecule has 0 bridgehead atoms. The first kappa shape index (κ1) is 17.6. The molecular formula is C19H17Cl2NO3. The van der Waals surface area contributed by atoms with Crippen LogP contribution in [-0.2, 0) is 6.54 Å². The maximum atomic E-state index is 11.9. The van der Waals surface area contributed by atoms with Gasteiger partial charge in [0.05, 0.1) is 12.8 Å².